The van der Waals surface area contributed by atoms with Crippen molar-refractivity contribution >= 4 is 28.5 Å². The molecule has 0 saturated heterocycles. The summed E-state index contributed by atoms with van der Waals surface area (Å²) < 4.78 is 2.00. The third-order valence-corrected chi connectivity index (χ3v) is 3.27. The lowest BCUT2D eigenvalue weighted by molar-refractivity contribution is -0.121. The van der Waals surface area contributed by atoms with Crippen LogP contribution in [0.3, 0.4) is 0 Å². The van der Waals surface area contributed by atoms with Crippen LogP contribution < -0.4 is 5.32 Å². The molecule has 0 aliphatic rings. The molecule has 0 aromatic carbocycles. The average molecular weight is 295 g/mol. The smallest absolute Gasteiger partial charge is 0.221 e. The van der Waals surface area contributed by atoms with Crippen LogP contribution in [0, 0.1) is 0 Å². The fraction of sp³-hybridized carbons (Fsp3) is 0.500. The SMILES string of the molecule is CCCNC(=O)CCn1c(C(C)Cl)nc2cnccc21. The quantitative estimate of drug-likeness (QED) is 0.833. The van der Waals surface area contributed by atoms with Crippen LogP contribution in [0.5, 0.6) is 0 Å². The van der Waals surface area contributed by atoms with Gasteiger partial charge in [0.1, 0.15) is 11.3 Å². The van der Waals surface area contributed by atoms with E-state index in [1.54, 1.807) is 12.4 Å². The van der Waals surface area contributed by atoms with Crippen molar-refractivity contribution in [1.82, 2.24) is 19.9 Å². The summed E-state index contributed by atoms with van der Waals surface area (Å²) in [5.74, 6) is 0.828. The molecule has 0 saturated carbocycles. The van der Waals surface area contributed by atoms with Crippen molar-refractivity contribution in [3.63, 3.8) is 0 Å². The number of aromatic nitrogens is 3. The van der Waals surface area contributed by atoms with Gasteiger partial charge in [-0.25, -0.2) is 4.98 Å². The van der Waals surface area contributed by atoms with E-state index in [0.717, 1.165) is 23.3 Å². The summed E-state index contributed by atoms with van der Waals surface area (Å²) in [6.07, 6.45) is 4.80. The third-order valence-electron chi connectivity index (χ3n) is 3.07. The molecule has 2 rings (SSSR count). The van der Waals surface area contributed by atoms with Crippen LogP contribution in [0.4, 0.5) is 0 Å². The lowest BCUT2D eigenvalue weighted by Crippen LogP contribution is -2.25. The van der Waals surface area contributed by atoms with Gasteiger partial charge in [-0.3, -0.25) is 9.78 Å². The van der Waals surface area contributed by atoms with Gasteiger partial charge in [-0.15, -0.1) is 11.6 Å². The fourth-order valence-electron chi connectivity index (χ4n) is 2.11. The first-order valence-corrected chi connectivity index (χ1v) is 7.28. The maximum Gasteiger partial charge on any atom is 0.221 e. The minimum absolute atomic E-state index is 0.0518. The number of nitrogens with one attached hydrogen (secondary N) is 1. The standard InChI is InChI=1S/C14H19ClN4O/c1-3-6-17-13(20)5-8-19-12-4-7-16-9-11(12)18-14(19)10(2)15/h4,7,9-10H,3,5-6,8H2,1-2H3,(H,17,20). The van der Waals surface area contributed by atoms with E-state index in [2.05, 4.69) is 15.3 Å². The molecule has 108 valence electrons. The zero-order valence-corrected chi connectivity index (χ0v) is 12.5. The average Bonchev–Trinajstić information content (AvgIpc) is 2.82. The Morgan fingerprint density at radius 1 is 1.55 bits per heavy atom. The molecule has 0 radical (unpaired) electrons. The van der Waals surface area contributed by atoms with Gasteiger partial charge < -0.3 is 9.88 Å². The molecule has 0 aliphatic carbocycles. The molecule has 2 aromatic rings. The zero-order chi connectivity index (χ0) is 14.5. The van der Waals surface area contributed by atoms with Crippen LogP contribution in [0.25, 0.3) is 11.0 Å². The Kier molecular flexibility index (Phi) is 4.95. The van der Waals surface area contributed by atoms with Crippen molar-refractivity contribution in [3.8, 4) is 0 Å². The molecule has 0 aliphatic heterocycles. The van der Waals surface area contributed by atoms with Gasteiger partial charge in [0.05, 0.1) is 17.1 Å². The minimum atomic E-state index is -0.207. The number of aryl methyl sites for hydroxylation is 1. The van der Waals surface area contributed by atoms with Gasteiger partial charge >= 0.3 is 0 Å². The Hall–Kier alpha value is -1.62. The maximum atomic E-state index is 11.7. The van der Waals surface area contributed by atoms with Gasteiger partial charge in [-0.05, 0) is 19.4 Å². The number of pyridine rings is 1. The predicted octanol–water partition coefficient (Wildman–Crippen LogP) is 2.65. The molecule has 0 bridgehead atoms. The summed E-state index contributed by atoms with van der Waals surface area (Å²) in [5.41, 5.74) is 1.77. The van der Waals surface area contributed by atoms with Crippen molar-refractivity contribution in [1.29, 1.82) is 0 Å². The first-order chi connectivity index (χ1) is 9.63. The molecule has 1 atom stereocenters. The van der Waals surface area contributed by atoms with Crippen molar-refractivity contribution in [2.45, 2.75) is 38.6 Å². The van der Waals surface area contributed by atoms with Crippen molar-refractivity contribution in [2.75, 3.05) is 6.54 Å². The van der Waals surface area contributed by atoms with Gasteiger partial charge in [0, 0.05) is 25.7 Å². The molecule has 2 heterocycles. The van der Waals surface area contributed by atoms with Gasteiger partial charge in [0.15, 0.2) is 0 Å². The Labute approximate surface area is 123 Å². The second-order valence-corrected chi connectivity index (χ2v) is 5.36. The van der Waals surface area contributed by atoms with E-state index in [-0.39, 0.29) is 11.3 Å². The van der Waals surface area contributed by atoms with Gasteiger partial charge in [-0.1, -0.05) is 6.92 Å². The van der Waals surface area contributed by atoms with Crippen molar-refractivity contribution < 1.29 is 4.79 Å². The molecule has 1 unspecified atom stereocenters. The molecule has 20 heavy (non-hydrogen) atoms. The second kappa shape index (κ2) is 6.70. The highest BCUT2D eigenvalue weighted by Gasteiger charge is 2.15. The van der Waals surface area contributed by atoms with Gasteiger partial charge in [0.25, 0.3) is 0 Å². The summed E-state index contributed by atoms with van der Waals surface area (Å²) in [6.45, 7) is 5.20. The number of hydrogen-bond donors (Lipinski definition) is 1. The Balaban J connectivity index is 2.19. The number of nitrogens with zero attached hydrogens (tertiary/aromatic N) is 3. The number of carbonyl (C=O) groups excluding carboxylic acids is 1. The van der Waals surface area contributed by atoms with Gasteiger partial charge in [-0.2, -0.15) is 0 Å². The topological polar surface area (TPSA) is 59.8 Å². The molecular formula is C14H19ClN4O. The van der Waals surface area contributed by atoms with Crippen LogP contribution in [-0.4, -0.2) is 27.0 Å². The summed E-state index contributed by atoms with van der Waals surface area (Å²) >= 11 is 6.17. The molecule has 6 heteroatoms. The second-order valence-electron chi connectivity index (χ2n) is 4.70. The summed E-state index contributed by atoms with van der Waals surface area (Å²) in [4.78, 5) is 20.3. The van der Waals surface area contributed by atoms with Crippen LogP contribution in [0.15, 0.2) is 18.5 Å². The molecule has 2 aromatic heterocycles. The molecule has 0 fully saturated rings. The number of amides is 1. The van der Waals surface area contributed by atoms with E-state index >= 15 is 0 Å². The summed E-state index contributed by atoms with van der Waals surface area (Å²) in [7, 11) is 0. The molecule has 1 N–H and O–H groups in total. The largest absolute Gasteiger partial charge is 0.356 e. The number of rotatable bonds is 6. The predicted molar refractivity (Wildman–Crippen MR) is 79.7 cm³/mol. The normalized spacial score (nSPS) is 12.6. The van der Waals surface area contributed by atoms with E-state index in [0.29, 0.717) is 19.5 Å². The van der Waals surface area contributed by atoms with E-state index in [1.165, 1.54) is 0 Å². The van der Waals surface area contributed by atoms with E-state index in [4.69, 9.17) is 11.6 Å². The number of carbonyl (C=O) groups is 1. The minimum Gasteiger partial charge on any atom is -0.356 e. The van der Waals surface area contributed by atoms with Gasteiger partial charge in [0.2, 0.25) is 5.91 Å². The van der Waals surface area contributed by atoms with Crippen LogP contribution in [0.2, 0.25) is 0 Å². The summed E-state index contributed by atoms with van der Waals surface area (Å²) in [5, 5.41) is 2.67. The number of fused-ring (bicyclic) bond motifs is 1. The molecule has 1 amide bonds. The Bertz CT molecular complexity index is 594. The lowest BCUT2D eigenvalue weighted by atomic mass is 10.3. The zero-order valence-electron chi connectivity index (χ0n) is 11.8. The first kappa shape index (κ1) is 14.8. The molecule has 0 spiro atoms. The molecular weight excluding hydrogens is 276 g/mol. The van der Waals surface area contributed by atoms with Crippen LogP contribution in [0.1, 0.15) is 37.9 Å². The highest BCUT2D eigenvalue weighted by Crippen LogP contribution is 2.24. The molecule has 5 nitrogen and oxygen atoms in total. The monoisotopic (exact) mass is 294 g/mol. The lowest BCUT2D eigenvalue weighted by Gasteiger charge is -2.10. The summed E-state index contributed by atoms with van der Waals surface area (Å²) in [6, 6.07) is 1.90. The Morgan fingerprint density at radius 2 is 2.35 bits per heavy atom. The highest BCUT2D eigenvalue weighted by molar-refractivity contribution is 6.20. The number of halogens is 1. The highest BCUT2D eigenvalue weighted by atomic mass is 35.5. The maximum absolute atomic E-state index is 11.7. The van der Waals surface area contributed by atoms with Crippen LogP contribution >= 0.6 is 11.6 Å². The van der Waals surface area contributed by atoms with E-state index < -0.39 is 0 Å². The van der Waals surface area contributed by atoms with E-state index in [9.17, 15) is 4.79 Å². The Morgan fingerprint density at radius 3 is 3.05 bits per heavy atom. The van der Waals surface area contributed by atoms with Crippen LogP contribution in [-0.2, 0) is 11.3 Å². The number of hydrogen-bond acceptors (Lipinski definition) is 3. The van der Waals surface area contributed by atoms with Crippen molar-refractivity contribution in [3.05, 3.63) is 24.3 Å². The number of alkyl halides is 1. The van der Waals surface area contributed by atoms with Crippen molar-refractivity contribution in [2.24, 2.45) is 0 Å². The third kappa shape index (κ3) is 3.28. The fourth-order valence-corrected chi connectivity index (χ4v) is 2.27. The van der Waals surface area contributed by atoms with E-state index in [1.807, 2.05) is 24.5 Å². The number of imidazole rings is 1. The first-order valence-electron chi connectivity index (χ1n) is 6.84.